The van der Waals surface area contributed by atoms with E-state index in [-0.39, 0.29) is 0 Å². The summed E-state index contributed by atoms with van der Waals surface area (Å²) in [6.07, 6.45) is 0.323. The maximum atomic E-state index is 11.7. The average Bonchev–Trinajstić information content (AvgIpc) is 2.38. The highest BCUT2D eigenvalue weighted by Crippen LogP contribution is 2.13. The van der Waals surface area contributed by atoms with Crippen LogP contribution in [0.25, 0.3) is 0 Å². The Hall–Kier alpha value is -1.92. The number of carbonyl (C=O) groups excluding carboxylic acids is 2. The zero-order valence-corrected chi connectivity index (χ0v) is 11.2. The highest BCUT2D eigenvalue weighted by atomic mass is 16.6. The predicted octanol–water partition coefficient (Wildman–Crippen LogP) is 0.411. The van der Waals surface area contributed by atoms with E-state index < -0.39 is 17.4 Å². The van der Waals surface area contributed by atoms with Crippen LogP contribution in [0.3, 0.4) is 0 Å². The number of nitrogens with two attached hydrogens (primary N) is 1. The van der Waals surface area contributed by atoms with Crippen molar-refractivity contribution >= 4 is 11.9 Å². The first kappa shape index (κ1) is 15.1. The molecule has 6 nitrogen and oxygen atoms in total. The van der Waals surface area contributed by atoms with Crippen molar-refractivity contribution in [3.8, 4) is 0 Å². The van der Waals surface area contributed by atoms with Crippen molar-refractivity contribution in [1.29, 1.82) is 0 Å². The molecular weight excluding hydrogens is 248 g/mol. The second-order valence-electron chi connectivity index (χ2n) is 4.42. The van der Waals surface area contributed by atoms with Crippen molar-refractivity contribution < 1.29 is 19.2 Å². The molecule has 0 heterocycles. The van der Waals surface area contributed by atoms with Gasteiger partial charge < -0.3 is 10.5 Å². The lowest BCUT2D eigenvalue weighted by atomic mass is 9.93. The van der Waals surface area contributed by atoms with Gasteiger partial charge in [0.05, 0.1) is 25.3 Å². The Kier molecular flexibility index (Phi) is 5.02. The Morgan fingerprint density at radius 3 is 2.32 bits per heavy atom. The van der Waals surface area contributed by atoms with Gasteiger partial charge in [0.2, 0.25) is 0 Å². The predicted molar refractivity (Wildman–Crippen MR) is 69.2 cm³/mol. The van der Waals surface area contributed by atoms with E-state index in [9.17, 15) is 9.59 Å². The van der Waals surface area contributed by atoms with E-state index in [1.54, 1.807) is 31.2 Å². The van der Waals surface area contributed by atoms with Crippen molar-refractivity contribution in [3.63, 3.8) is 0 Å². The van der Waals surface area contributed by atoms with Crippen LogP contribution in [0.15, 0.2) is 24.3 Å². The van der Waals surface area contributed by atoms with Gasteiger partial charge in [0.25, 0.3) is 5.91 Å². The van der Waals surface area contributed by atoms with Crippen LogP contribution in [0.1, 0.15) is 22.8 Å². The molecule has 0 bridgehead atoms. The molecule has 1 amide bonds. The standard InChI is InChI=1S/C13H18N2O4/c1-13(14,12(17)15-19-3)8-9-4-6-10(7-5-9)11(16)18-2/h4-7H,8,14H2,1-3H3,(H,15,17)/t13-/m0/s1. The number of nitrogens with one attached hydrogen (secondary N) is 1. The molecule has 1 aromatic carbocycles. The fourth-order valence-electron chi connectivity index (χ4n) is 1.59. The van der Waals surface area contributed by atoms with Gasteiger partial charge in [-0.15, -0.1) is 0 Å². The Morgan fingerprint density at radius 2 is 1.84 bits per heavy atom. The topological polar surface area (TPSA) is 90.6 Å². The largest absolute Gasteiger partial charge is 0.465 e. The van der Waals surface area contributed by atoms with Crippen LogP contribution in [0, 0.1) is 0 Å². The van der Waals surface area contributed by atoms with Crippen molar-refractivity contribution in [3.05, 3.63) is 35.4 Å². The SMILES string of the molecule is CONC(=O)[C@@](C)(N)Cc1ccc(C(=O)OC)cc1. The summed E-state index contributed by atoms with van der Waals surface area (Å²) >= 11 is 0. The van der Waals surface area contributed by atoms with Gasteiger partial charge in [-0.3, -0.25) is 9.63 Å². The number of amides is 1. The van der Waals surface area contributed by atoms with E-state index in [0.717, 1.165) is 5.56 Å². The molecule has 0 aliphatic heterocycles. The fourth-order valence-corrected chi connectivity index (χ4v) is 1.59. The summed E-state index contributed by atoms with van der Waals surface area (Å²) in [5.74, 6) is -0.814. The van der Waals surface area contributed by atoms with Crippen molar-refractivity contribution in [2.75, 3.05) is 14.2 Å². The van der Waals surface area contributed by atoms with Gasteiger partial charge in [0.15, 0.2) is 0 Å². The molecule has 0 aromatic heterocycles. The molecule has 0 spiro atoms. The first-order valence-corrected chi connectivity index (χ1v) is 5.70. The number of benzene rings is 1. The second-order valence-corrected chi connectivity index (χ2v) is 4.42. The summed E-state index contributed by atoms with van der Waals surface area (Å²) in [5, 5.41) is 0. The molecule has 0 saturated carbocycles. The molecule has 0 aliphatic carbocycles. The third kappa shape index (κ3) is 4.04. The highest BCUT2D eigenvalue weighted by Gasteiger charge is 2.28. The van der Waals surface area contributed by atoms with Crippen molar-refractivity contribution in [2.24, 2.45) is 5.73 Å². The van der Waals surface area contributed by atoms with Crippen LogP contribution < -0.4 is 11.2 Å². The molecule has 3 N–H and O–H groups in total. The normalized spacial score (nSPS) is 13.5. The molecule has 0 fully saturated rings. The van der Waals surface area contributed by atoms with E-state index in [0.29, 0.717) is 12.0 Å². The number of ether oxygens (including phenoxy) is 1. The van der Waals surface area contributed by atoms with Crippen molar-refractivity contribution in [1.82, 2.24) is 5.48 Å². The average molecular weight is 266 g/mol. The molecule has 19 heavy (non-hydrogen) atoms. The summed E-state index contributed by atoms with van der Waals surface area (Å²) in [6.45, 7) is 1.61. The number of carbonyl (C=O) groups is 2. The molecule has 6 heteroatoms. The van der Waals surface area contributed by atoms with Crippen LogP contribution in [0.4, 0.5) is 0 Å². The van der Waals surface area contributed by atoms with Crippen LogP contribution in [-0.4, -0.2) is 31.6 Å². The molecule has 1 aromatic rings. The summed E-state index contributed by atoms with van der Waals surface area (Å²) < 4.78 is 4.60. The lowest BCUT2D eigenvalue weighted by Crippen LogP contribution is -2.52. The first-order chi connectivity index (χ1) is 8.90. The molecule has 1 rings (SSSR count). The Labute approximate surface area is 111 Å². The lowest BCUT2D eigenvalue weighted by Gasteiger charge is -2.22. The monoisotopic (exact) mass is 266 g/mol. The molecule has 0 radical (unpaired) electrons. The van der Waals surface area contributed by atoms with Gasteiger partial charge in [0.1, 0.15) is 0 Å². The zero-order chi connectivity index (χ0) is 14.5. The molecule has 104 valence electrons. The van der Waals surface area contributed by atoms with Gasteiger partial charge in [-0.1, -0.05) is 12.1 Å². The molecule has 0 aliphatic rings. The molecule has 0 saturated heterocycles. The Bertz CT molecular complexity index is 454. The molecule has 1 atom stereocenters. The minimum Gasteiger partial charge on any atom is -0.465 e. The third-order valence-corrected chi connectivity index (χ3v) is 2.66. The number of esters is 1. The quantitative estimate of drug-likeness (QED) is 0.595. The highest BCUT2D eigenvalue weighted by molar-refractivity contribution is 5.89. The van der Waals surface area contributed by atoms with Gasteiger partial charge in [0, 0.05) is 0 Å². The number of methoxy groups -OCH3 is 1. The van der Waals surface area contributed by atoms with Crippen LogP contribution in [0.2, 0.25) is 0 Å². The van der Waals surface area contributed by atoms with E-state index in [4.69, 9.17) is 5.73 Å². The van der Waals surface area contributed by atoms with E-state index in [2.05, 4.69) is 15.1 Å². The molecular formula is C13H18N2O4. The maximum Gasteiger partial charge on any atom is 0.337 e. The minimum absolute atomic E-state index is 0.323. The van der Waals surface area contributed by atoms with E-state index >= 15 is 0 Å². The van der Waals surface area contributed by atoms with E-state index in [1.165, 1.54) is 14.2 Å². The summed E-state index contributed by atoms with van der Waals surface area (Å²) in [6, 6.07) is 6.73. The lowest BCUT2D eigenvalue weighted by molar-refractivity contribution is -0.136. The zero-order valence-electron chi connectivity index (χ0n) is 11.2. The number of rotatable bonds is 5. The number of hydrogen-bond donors (Lipinski definition) is 2. The van der Waals surface area contributed by atoms with Crippen LogP contribution in [-0.2, 0) is 20.8 Å². The van der Waals surface area contributed by atoms with Gasteiger partial charge in [-0.05, 0) is 31.0 Å². The van der Waals surface area contributed by atoms with Crippen molar-refractivity contribution in [2.45, 2.75) is 18.9 Å². The number of hydrogen-bond acceptors (Lipinski definition) is 5. The van der Waals surface area contributed by atoms with Gasteiger partial charge >= 0.3 is 5.97 Å². The second kappa shape index (κ2) is 6.31. The Morgan fingerprint density at radius 1 is 1.26 bits per heavy atom. The minimum atomic E-state index is -1.09. The summed E-state index contributed by atoms with van der Waals surface area (Å²) in [7, 11) is 2.67. The van der Waals surface area contributed by atoms with Gasteiger partial charge in [-0.25, -0.2) is 10.3 Å². The fraction of sp³-hybridized carbons (Fsp3) is 0.385. The summed E-state index contributed by atoms with van der Waals surface area (Å²) in [4.78, 5) is 27.5. The summed E-state index contributed by atoms with van der Waals surface area (Å²) in [5.41, 5.74) is 8.32. The van der Waals surface area contributed by atoms with Crippen LogP contribution >= 0.6 is 0 Å². The smallest absolute Gasteiger partial charge is 0.337 e. The van der Waals surface area contributed by atoms with E-state index in [1.807, 2.05) is 0 Å². The molecule has 0 unspecified atom stereocenters. The Balaban J connectivity index is 2.77. The number of hydroxylamine groups is 1. The first-order valence-electron chi connectivity index (χ1n) is 5.70. The third-order valence-electron chi connectivity index (χ3n) is 2.66. The maximum absolute atomic E-state index is 11.7. The van der Waals surface area contributed by atoms with Crippen LogP contribution in [0.5, 0.6) is 0 Å². The van der Waals surface area contributed by atoms with Gasteiger partial charge in [-0.2, -0.15) is 0 Å².